The van der Waals surface area contributed by atoms with Gasteiger partial charge in [0, 0.05) is 23.7 Å². The summed E-state index contributed by atoms with van der Waals surface area (Å²) in [7, 11) is 0. The van der Waals surface area contributed by atoms with Crippen LogP contribution in [0.15, 0.2) is 29.0 Å². The zero-order valence-electron chi connectivity index (χ0n) is 11.7. The highest BCUT2D eigenvalue weighted by Crippen LogP contribution is 2.34. The molecular formula is C15H15ClF3NO. The second kappa shape index (κ2) is 6.43. The number of ether oxygens (including phenoxy) is 1. The van der Waals surface area contributed by atoms with E-state index in [0.717, 1.165) is 0 Å². The first-order valence-electron chi connectivity index (χ1n) is 6.60. The van der Waals surface area contributed by atoms with Gasteiger partial charge in [0.1, 0.15) is 23.2 Å². The third kappa shape index (κ3) is 3.18. The molecule has 0 bridgehead atoms. The Balaban J connectivity index is 2.68. The topological polar surface area (TPSA) is 12.5 Å². The molecular weight excluding hydrogens is 303 g/mol. The maximum absolute atomic E-state index is 14.1. The van der Waals surface area contributed by atoms with Gasteiger partial charge in [0.05, 0.1) is 24.4 Å². The van der Waals surface area contributed by atoms with Gasteiger partial charge >= 0.3 is 0 Å². The van der Waals surface area contributed by atoms with Crippen molar-refractivity contribution in [3.8, 4) is 0 Å². The van der Waals surface area contributed by atoms with Gasteiger partial charge in [-0.2, -0.15) is 0 Å². The molecule has 1 heterocycles. The van der Waals surface area contributed by atoms with Gasteiger partial charge in [-0.25, -0.2) is 13.2 Å². The van der Waals surface area contributed by atoms with Crippen LogP contribution in [0.4, 0.5) is 13.2 Å². The number of likely N-dealkylation sites (N-methyl/N-ethyl adjacent to an activating group) is 1. The van der Waals surface area contributed by atoms with Gasteiger partial charge in [-0.3, -0.25) is 0 Å². The number of halogens is 4. The van der Waals surface area contributed by atoms with Gasteiger partial charge in [0.15, 0.2) is 0 Å². The van der Waals surface area contributed by atoms with Crippen LogP contribution in [0.25, 0.3) is 5.70 Å². The first-order chi connectivity index (χ1) is 9.97. The van der Waals surface area contributed by atoms with Crippen molar-refractivity contribution < 1.29 is 17.9 Å². The zero-order valence-corrected chi connectivity index (χ0v) is 12.5. The van der Waals surface area contributed by atoms with Crippen LogP contribution < -0.4 is 0 Å². The van der Waals surface area contributed by atoms with Gasteiger partial charge in [-0.1, -0.05) is 11.6 Å². The van der Waals surface area contributed by atoms with Crippen LogP contribution in [-0.4, -0.2) is 24.6 Å². The number of rotatable bonds is 4. The molecule has 1 aromatic rings. The van der Waals surface area contributed by atoms with Crippen LogP contribution in [0.1, 0.15) is 19.4 Å². The highest BCUT2D eigenvalue weighted by Gasteiger charge is 2.27. The highest BCUT2D eigenvalue weighted by atomic mass is 35.5. The molecule has 0 spiro atoms. The Bertz CT molecular complexity index is 590. The van der Waals surface area contributed by atoms with Crippen molar-refractivity contribution >= 4 is 17.3 Å². The van der Waals surface area contributed by atoms with Crippen molar-refractivity contribution in [1.29, 1.82) is 0 Å². The quantitative estimate of drug-likeness (QED) is 0.822. The molecule has 6 heteroatoms. The summed E-state index contributed by atoms with van der Waals surface area (Å²) >= 11 is 6.04. The minimum Gasteiger partial charge on any atom is -0.492 e. The van der Waals surface area contributed by atoms with Crippen molar-refractivity contribution in [3.05, 3.63) is 52.0 Å². The lowest BCUT2D eigenvalue weighted by atomic mass is 10.0. The molecule has 0 saturated carbocycles. The summed E-state index contributed by atoms with van der Waals surface area (Å²) in [4.78, 5) is 1.69. The monoisotopic (exact) mass is 317 g/mol. The molecule has 0 amide bonds. The summed E-state index contributed by atoms with van der Waals surface area (Å²) in [6, 6.07) is 1.31. The smallest absolute Gasteiger partial charge is 0.144 e. The van der Waals surface area contributed by atoms with E-state index >= 15 is 0 Å². The average molecular weight is 318 g/mol. The summed E-state index contributed by atoms with van der Waals surface area (Å²) < 4.78 is 46.7. The molecule has 0 fully saturated rings. The van der Waals surface area contributed by atoms with Crippen LogP contribution in [0.5, 0.6) is 0 Å². The molecule has 21 heavy (non-hydrogen) atoms. The molecule has 1 aliphatic rings. The highest BCUT2D eigenvalue weighted by molar-refractivity contribution is 6.30. The Hall–Kier alpha value is -1.62. The van der Waals surface area contributed by atoms with Crippen LogP contribution in [0.3, 0.4) is 0 Å². The summed E-state index contributed by atoms with van der Waals surface area (Å²) in [6.45, 7) is 4.71. The molecule has 0 aromatic heterocycles. The van der Waals surface area contributed by atoms with E-state index in [-0.39, 0.29) is 17.0 Å². The Morgan fingerprint density at radius 2 is 1.81 bits per heavy atom. The molecule has 0 unspecified atom stereocenters. The summed E-state index contributed by atoms with van der Waals surface area (Å²) in [5.74, 6) is -2.62. The first kappa shape index (κ1) is 15.8. The lowest BCUT2D eigenvalue weighted by molar-refractivity contribution is 0.233. The Labute approximate surface area is 126 Å². The fourth-order valence-corrected chi connectivity index (χ4v) is 2.50. The fourth-order valence-electron chi connectivity index (χ4n) is 2.26. The predicted molar refractivity (Wildman–Crippen MR) is 76.0 cm³/mol. The number of hydrogen-bond acceptors (Lipinski definition) is 2. The maximum atomic E-state index is 14.1. The third-order valence-corrected chi connectivity index (χ3v) is 3.33. The van der Waals surface area contributed by atoms with Gasteiger partial charge in [-0.05, 0) is 19.9 Å². The van der Waals surface area contributed by atoms with E-state index in [1.165, 1.54) is 6.08 Å². The van der Waals surface area contributed by atoms with E-state index in [9.17, 15) is 13.2 Å². The van der Waals surface area contributed by atoms with E-state index in [4.69, 9.17) is 16.3 Å². The SMILES string of the molecule is CCOC1=C(c2c(F)cc(F)cc2F)N(CC)CC(Cl)=C1. The van der Waals surface area contributed by atoms with E-state index in [1.54, 1.807) is 11.8 Å². The minimum atomic E-state index is -0.968. The summed E-state index contributed by atoms with van der Waals surface area (Å²) in [6.07, 6.45) is 1.54. The van der Waals surface area contributed by atoms with Crippen LogP contribution >= 0.6 is 11.6 Å². The number of benzene rings is 1. The molecule has 114 valence electrons. The van der Waals surface area contributed by atoms with Crippen LogP contribution in [-0.2, 0) is 4.74 Å². The molecule has 2 nitrogen and oxygen atoms in total. The van der Waals surface area contributed by atoms with E-state index in [1.807, 2.05) is 6.92 Å². The Kier molecular flexibility index (Phi) is 4.83. The Morgan fingerprint density at radius 3 is 2.33 bits per heavy atom. The molecule has 1 aliphatic heterocycles. The normalized spacial score (nSPS) is 15.3. The molecule has 2 rings (SSSR count). The fraction of sp³-hybridized carbons (Fsp3) is 0.333. The van der Waals surface area contributed by atoms with E-state index in [0.29, 0.717) is 36.9 Å². The van der Waals surface area contributed by atoms with E-state index < -0.39 is 17.5 Å². The van der Waals surface area contributed by atoms with Crippen molar-refractivity contribution in [2.75, 3.05) is 19.7 Å². The van der Waals surface area contributed by atoms with Gasteiger partial charge in [0.2, 0.25) is 0 Å². The molecule has 0 radical (unpaired) electrons. The lowest BCUT2D eigenvalue weighted by Crippen LogP contribution is -2.28. The van der Waals surface area contributed by atoms with Gasteiger partial charge in [-0.15, -0.1) is 0 Å². The van der Waals surface area contributed by atoms with Crippen LogP contribution in [0, 0.1) is 17.5 Å². The maximum Gasteiger partial charge on any atom is 0.144 e. The standard InChI is InChI=1S/C15H15ClF3NO/c1-3-20-8-9(16)5-13(21-4-2)15(20)14-11(18)6-10(17)7-12(14)19/h5-7H,3-4,8H2,1-2H3. The summed E-state index contributed by atoms with van der Waals surface area (Å²) in [5.41, 5.74) is -0.0548. The number of hydrogen-bond donors (Lipinski definition) is 0. The number of allylic oxidation sites excluding steroid dienone is 1. The van der Waals surface area contributed by atoms with Crippen molar-refractivity contribution in [2.45, 2.75) is 13.8 Å². The summed E-state index contributed by atoms with van der Waals surface area (Å²) in [5, 5.41) is 0.506. The second-order valence-electron chi connectivity index (χ2n) is 4.50. The van der Waals surface area contributed by atoms with Gasteiger partial charge < -0.3 is 9.64 Å². The average Bonchev–Trinajstić information content (AvgIpc) is 2.39. The molecule has 0 N–H and O–H groups in total. The molecule has 0 saturated heterocycles. The molecule has 0 atom stereocenters. The second-order valence-corrected chi connectivity index (χ2v) is 4.98. The van der Waals surface area contributed by atoms with Crippen molar-refractivity contribution in [3.63, 3.8) is 0 Å². The molecule has 1 aromatic carbocycles. The predicted octanol–water partition coefficient (Wildman–Crippen LogP) is 4.27. The van der Waals surface area contributed by atoms with E-state index in [2.05, 4.69) is 0 Å². The number of nitrogens with zero attached hydrogens (tertiary/aromatic N) is 1. The van der Waals surface area contributed by atoms with Crippen LogP contribution in [0.2, 0.25) is 0 Å². The van der Waals surface area contributed by atoms with Crippen molar-refractivity contribution in [1.82, 2.24) is 4.90 Å². The first-order valence-corrected chi connectivity index (χ1v) is 6.98. The minimum absolute atomic E-state index is 0.249. The zero-order chi connectivity index (χ0) is 15.6. The van der Waals surface area contributed by atoms with Gasteiger partial charge in [0.25, 0.3) is 0 Å². The van der Waals surface area contributed by atoms with Crippen molar-refractivity contribution in [2.24, 2.45) is 0 Å². The largest absolute Gasteiger partial charge is 0.492 e. The lowest BCUT2D eigenvalue weighted by Gasteiger charge is -2.31. The Morgan fingerprint density at radius 1 is 1.19 bits per heavy atom. The third-order valence-electron chi connectivity index (χ3n) is 3.10. The molecule has 0 aliphatic carbocycles.